The van der Waals surface area contributed by atoms with Gasteiger partial charge in [-0.3, -0.25) is 10.2 Å². The molecule has 0 aromatic heterocycles. The Morgan fingerprint density at radius 2 is 1.75 bits per heavy atom. The molecule has 1 saturated heterocycles. The SMILES string of the molecule is Cl.O=C(Nc1ccccc1)OCCN1CCCCCC1. The van der Waals surface area contributed by atoms with Crippen LogP contribution in [0.15, 0.2) is 30.3 Å². The molecule has 1 aliphatic rings. The number of benzene rings is 1. The van der Waals surface area contributed by atoms with Crippen LogP contribution in [0.25, 0.3) is 0 Å². The van der Waals surface area contributed by atoms with Gasteiger partial charge in [0.15, 0.2) is 0 Å². The summed E-state index contributed by atoms with van der Waals surface area (Å²) in [7, 11) is 0. The van der Waals surface area contributed by atoms with Gasteiger partial charge in [0, 0.05) is 12.2 Å². The van der Waals surface area contributed by atoms with Gasteiger partial charge in [-0.1, -0.05) is 31.0 Å². The van der Waals surface area contributed by atoms with E-state index in [9.17, 15) is 4.79 Å². The molecule has 20 heavy (non-hydrogen) atoms. The van der Waals surface area contributed by atoms with Crippen molar-refractivity contribution in [1.82, 2.24) is 4.90 Å². The minimum atomic E-state index is -0.374. The van der Waals surface area contributed by atoms with Crippen LogP contribution < -0.4 is 5.32 Å². The number of carbonyl (C=O) groups excluding carboxylic acids is 1. The van der Waals surface area contributed by atoms with Crippen molar-refractivity contribution >= 4 is 24.2 Å². The Bertz CT molecular complexity index is 379. The number of nitrogens with zero attached hydrogens (tertiary/aromatic N) is 1. The van der Waals surface area contributed by atoms with Crippen LogP contribution in [0.5, 0.6) is 0 Å². The quantitative estimate of drug-likeness (QED) is 0.924. The molecule has 4 nitrogen and oxygen atoms in total. The Kier molecular flexibility index (Phi) is 8.07. The molecule has 5 heteroatoms. The van der Waals surface area contributed by atoms with E-state index in [2.05, 4.69) is 10.2 Å². The first-order valence-electron chi connectivity index (χ1n) is 7.06. The summed E-state index contributed by atoms with van der Waals surface area (Å²) in [6.07, 6.45) is 4.80. The number of likely N-dealkylation sites (tertiary alicyclic amines) is 1. The number of anilines is 1. The lowest BCUT2D eigenvalue weighted by Gasteiger charge is -2.19. The standard InChI is InChI=1S/C15H22N2O2.ClH/c18-15(16-14-8-4-3-5-9-14)19-13-12-17-10-6-1-2-7-11-17;/h3-5,8-9H,1-2,6-7,10-13H2,(H,16,18);1H. The lowest BCUT2D eigenvalue weighted by atomic mass is 10.2. The van der Waals surface area contributed by atoms with Gasteiger partial charge in [0.05, 0.1) is 0 Å². The number of halogens is 1. The molecule has 112 valence electrons. The number of rotatable bonds is 4. The van der Waals surface area contributed by atoms with Crippen LogP contribution in [0, 0.1) is 0 Å². The maximum absolute atomic E-state index is 11.6. The number of amides is 1. The molecule has 1 N–H and O–H groups in total. The smallest absolute Gasteiger partial charge is 0.411 e. The highest BCUT2D eigenvalue weighted by Gasteiger charge is 2.09. The van der Waals surface area contributed by atoms with E-state index in [0.29, 0.717) is 6.61 Å². The van der Waals surface area contributed by atoms with Gasteiger partial charge in [0.1, 0.15) is 6.61 Å². The fraction of sp³-hybridized carbons (Fsp3) is 0.533. The zero-order valence-electron chi connectivity index (χ0n) is 11.7. The molecule has 0 saturated carbocycles. The highest BCUT2D eigenvalue weighted by atomic mass is 35.5. The molecule has 0 spiro atoms. The van der Waals surface area contributed by atoms with Gasteiger partial charge in [0.2, 0.25) is 0 Å². The van der Waals surface area contributed by atoms with Crippen molar-refractivity contribution < 1.29 is 9.53 Å². The summed E-state index contributed by atoms with van der Waals surface area (Å²) >= 11 is 0. The topological polar surface area (TPSA) is 41.6 Å². The second-order valence-corrected chi connectivity index (χ2v) is 4.88. The largest absolute Gasteiger partial charge is 0.448 e. The molecule has 0 atom stereocenters. The Morgan fingerprint density at radius 3 is 2.40 bits per heavy atom. The van der Waals surface area contributed by atoms with E-state index in [1.165, 1.54) is 25.7 Å². The summed E-state index contributed by atoms with van der Waals surface area (Å²) < 4.78 is 5.20. The molecule has 1 aromatic carbocycles. The lowest BCUT2D eigenvalue weighted by molar-refractivity contribution is 0.140. The van der Waals surface area contributed by atoms with Crippen LogP contribution in [0.1, 0.15) is 25.7 Å². The van der Waals surface area contributed by atoms with Crippen LogP contribution in [-0.4, -0.2) is 37.2 Å². The van der Waals surface area contributed by atoms with Gasteiger partial charge in [0.25, 0.3) is 0 Å². The molecular weight excluding hydrogens is 276 g/mol. The molecule has 1 aliphatic heterocycles. The van der Waals surface area contributed by atoms with E-state index in [-0.39, 0.29) is 18.5 Å². The zero-order chi connectivity index (χ0) is 13.3. The molecule has 2 rings (SSSR count). The maximum atomic E-state index is 11.6. The average molecular weight is 299 g/mol. The van der Waals surface area contributed by atoms with E-state index >= 15 is 0 Å². The van der Waals surface area contributed by atoms with Crippen LogP contribution in [0.2, 0.25) is 0 Å². The Labute approximate surface area is 126 Å². The maximum Gasteiger partial charge on any atom is 0.411 e. The third-order valence-corrected chi connectivity index (χ3v) is 3.36. The third kappa shape index (κ3) is 6.26. The van der Waals surface area contributed by atoms with Gasteiger partial charge in [-0.2, -0.15) is 0 Å². The number of hydrogen-bond donors (Lipinski definition) is 1. The number of para-hydroxylation sites is 1. The summed E-state index contributed by atoms with van der Waals surface area (Å²) in [4.78, 5) is 13.9. The molecule has 1 heterocycles. The minimum absolute atomic E-state index is 0. The van der Waals surface area contributed by atoms with Crippen molar-refractivity contribution in [2.45, 2.75) is 25.7 Å². The first-order valence-corrected chi connectivity index (χ1v) is 7.06. The van der Waals surface area contributed by atoms with Gasteiger partial charge >= 0.3 is 6.09 Å². The Hall–Kier alpha value is -1.26. The molecule has 1 fully saturated rings. The molecule has 0 aliphatic carbocycles. The third-order valence-electron chi connectivity index (χ3n) is 3.36. The minimum Gasteiger partial charge on any atom is -0.448 e. The van der Waals surface area contributed by atoms with Crippen molar-refractivity contribution in [3.05, 3.63) is 30.3 Å². The predicted octanol–water partition coefficient (Wildman–Crippen LogP) is 3.53. The van der Waals surface area contributed by atoms with Gasteiger partial charge < -0.3 is 4.74 Å². The van der Waals surface area contributed by atoms with Gasteiger partial charge in [-0.25, -0.2) is 4.79 Å². The van der Waals surface area contributed by atoms with E-state index in [4.69, 9.17) is 4.74 Å². The second kappa shape index (κ2) is 9.61. The average Bonchev–Trinajstić information content (AvgIpc) is 2.68. The summed E-state index contributed by atoms with van der Waals surface area (Å²) in [6, 6.07) is 9.36. The van der Waals surface area contributed by atoms with Crippen LogP contribution >= 0.6 is 12.4 Å². The Balaban J connectivity index is 0.00000200. The number of hydrogen-bond acceptors (Lipinski definition) is 3. The van der Waals surface area contributed by atoms with Gasteiger partial charge in [-0.15, -0.1) is 12.4 Å². The number of nitrogens with one attached hydrogen (secondary N) is 1. The van der Waals surface area contributed by atoms with Crippen molar-refractivity contribution in [2.75, 3.05) is 31.6 Å². The van der Waals surface area contributed by atoms with E-state index < -0.39 is 0 Å². The van der Waals surface area contributed by atoms with Crippen molar-refractivity contribution in [3.8, 4) is 0 Å². The molecule has 1 aromatic rings. The predicted molar refractivity (Wildman–Crippen MR) is 83.6 cm³/mol. The molecule has 1 amide bonds. The monoisotopic (exact) mass is 298 g/mol. The van der Waals surface area contributed by atoms with E-state index in [0.717, 1.165) is 25.3 Å². The number of ether oxygens (including phenoxy) is 1. The van der Waals surface area contributed by atoms with Crippen molar-refractivity contribution in [3.63, 3.8) is 0 Å². The fourth-order valence-corrected chi connectivity index (χ4v) is 2.30. The number of carbonyl (C=O) groups is 1. The lowest BCUT2D eigenvalue weighted by Crippen LogP contribution is -2.30. The van der Waals surface area contributed by atoms with Crippen molar-refractivity contribution in [2.24, 2.45) is 0 Å². The molecule has 0 radical (unpaired) electrons. The normalized spacial score (nSPS) is 15.8. The first kappa shape index (κ1) is 16.8. The summed E-state index contributed by atoms with van der Waals surface area (Å²) in [5.41, 5.74) is 0.766. The van der Waals surface area contributed by atoms with Crippen LogP contribution in [-0.2, 0) is 4.74 Å². The summed E-state index contributed by atoms with van der Waals surface area (Å²) in [6.45, 7) is 3.55. The summed E-state index contributed by atoms with van der Waals surface area (Å²) in [5.74, 6) is 0. The van der Waals surface area contributed by atoms with Crippen LogP contribution in [0.4, 0.5) is 10.5 Å². The van der Waals surface area contributed by atoms with Crippen LogP contribution in [0.3, 0.4) is 0 Å². The fourth-order valence-electron chi connectivity index (χ4n) is 2.30. The molecule has 0 bridgehead atoms. The van der Waals surface area contributed by atoms with E-state index in [1.807, 2.05) is 30.3 Å². The molecular formula is C15H23ClN2O2. The zero-order valence-corrected chi connectivity index (χ0v) is 12.5. The summed E-state index contributed by atoms with van der Waals surface area (Å²) in [5, 5.41) is 2.71. The van der Waals surface area contributed by atoms with Gasteiger partial charge in [-0.05, 0) is 38.1 Å². The van der Waals surface area contributed by atoms with Crippen molar-refractivity contribution in [1.29, 1.82) is 0 Å². The first-order chi connectivity index (χ1) is 9.34. The highest BCUT2D eigenvalue weighted by Crippen LogP contribution is 2.09. The molecule has 0 unspecified atom stereocenters. The highest BCUT2D eigenvalue weighted by molar-refractivity contribution is 5.85. The van der Waals surface area contributed by atoms with E-state index in [1.54, 1.807) is 0 Å². The second-order valence-electron chi connectivity index (χ2n) is 4.88. The Morgan fingerprint density at radius 1 is 1.10 bits per heavy atom.